The summed E-state index contributed by atoms with van der Waals surface area (Å²) in [5, 5.41) is 11.9. The highest BCUT2D eigenvalue weighted by Gasteiger charge is 2.15. The van der Waals surface area contributed by atoms with Crippen molar-refractivity contribution in [3.8, 4) is 23.0 Å². The summed E-state index contributed by atoms with van der Waals surface area (Å²) < 4.78 is 106. The predicted octanol–water partition coefficient (Wildman–Crippen LogP) is 2.80. The number of hydrogen-bond donors (Lipinski definition) is 2. The summed E-state index contributed by atoms with van der Waals surface area (Å²) in [4.78, 5) is 11.0. The van der Waals surface area contributed by atoms with E-state index < -0.39 is 47.7 Å². The fourth-order valence-electron chi connectivity index (χ4n) is 2.49. The van der Waals surface area contributed by atoms with Crippen molar-refractivity contribution in [1.82, 2.24) is 0 Å². The zero-order valence-electron chi connectivity index (χ0n) is 24.5. The normalized spacial score (nSPS) is 16.3. The quantitative estimate of drug-likeness (QED) is 0.522. The number of benzene rings is 2. The van der Waals surface area contributed by atoms with E-state index in [0.717, 1.165) is 24.3 Å². The number of methoxy groups -OCH3 is 4. The van der Waals surface area contributed by atoms with Crippen LogP contribution in [-0.2, 0) is 20.3 Å². The molecule has 2 aromatic rings. The van der Waals surface area contributed by atoms with Crippen molar-refractivity contribution < 1.29 is 48.2 Å². The first kappa shape index (κ1) is 14.6. The highest BCUT2D eigenvalue weighted by molar-refractivity contribution is 7.93. The summed E-state index contributed by atoms with van der Waals surface area (Å²) in [5.41, 5.74) is -3.78. The number of anilines is 1. The molecule has 10 heteroatoms. The highest BCUT2D eigenvalue weighted by atomic mass is 32.2. The van der Waals surface area contributed by atoms with E-state index in [2.05, 4.69) is 5.32 Å². The number of carbonyl (C=O) groups is 1. The lowest BCUT2D eigenvalue weighted by molar-refractivity contribution is -0.134. The summed E-state index contributed by atoms with van der Waals surface area (Å²) in [6.45, 7) is -0.697. The Bertz CT molecular complexity index is 1320. The number of ether oxygens (including phenoxy) is 4. The first-order valence-electron chi connectivity index (χ1n) is 12.5. The first-order valence-corrected chi connectivity index (χ1v) is 10.0. The smallest absolute Gasteiger partial charge is 0.322 e. The van der Waals surface area contributed by atoms with Crippen molar-refractivity contribution in [2.24, 2.45) is 0 Å². The lowest BCUT2D eigenvalue weighted by Crippen LogP contribution is -2.13. The molecule has 0 aliphatic rings. The molecular weight excluding hydrogens is 426 g/mol. The standard InChI is InChI=1S/C21H25NO8S/c1-27-15-10-19(29-3)16(20(11-15)30-4)7-8-31(25,26)13-14-5-6-18(28-2)17(9-14)22-12-21(23)24/h5-11,22H,12-13H2,1-4H3,(H,23,24)/b8-7+/i1D3,2D3,13D2. The van der Waals surface area contributed by atoms with Gasteiger partial charge in [-0.15, -0.1) is 0 Å². The van der Waals surface area contributed by atoms with Gasteiger partial charge in [0.1, 0.15) is 29.5 Å². The molecule has 0 aliphatic carbocycles. The van der Waals surface area contributed by atoms with E-state index in [1.807, 2.05) is 0 Å². The predicted molar refractivity (Wildman–Crippen MR) is 117 cm³/mol. The molecule has 0 aliphatic heterocycles. The molecule has 2 N–H and O–H groups in total. The van der Waals surface area contributed by atoms with Gasteiger partial charge < -0.3 is 29.4 Å². The Morgan fingerprint density at radius 3 is 2.35 bits per heavy atom. The van der Waals surface area contributed by atoms with Crippen LogP contribution in [0.25, 0.3) is 6.08 Å². The van der Waals surface area contributed by atoms with Crippen LogP contribution in [0.5, 0.6) is 23.0 Å². The van der Waals surface area contributed by atoms with Crippen LogP contribution < -0.4 is 24.3 Å². The van der Waals surface area contributed by atoms with Gasteiger partial charge in [-0.3, -0.25) is 4.79 Å². The maximum Gasteiger partial charge on any atom is 0.322 e. The molecule has 0 heterocycles. The zero-order valence-corrected chi connectivity index (χ0v) is 17.3. The molecule has 168 valence electrons. The minimum Gasteiger partial charge on any atom is -0.496 e. The Hall–Kier alpha value is -3.40. The average molecular weight is 460 g/mol. The number of rotatable bonds is 11. The van der Waals surface area contributed by atoms with Gasteiger partial charge in [-0.1, -0.05) is 6.07 Å². The third-order valence-corrected chi connectivity index (χ3v) is 4.84. The van der Waals surface area contributed by atoms with Crippen LogP contribution in [-0.4, -0.2) is 54.3 Å². The number of aliphatic carboxylic acids is 1. The van der Waals surface area contributed by atoms with E-state index in [1.165, 1.54) is 26.4 Å². The second kappa shape index (κ2) is 10.6. The van der Waals surface area contributed by atoms with Gasteiger partial charge in [0.05, 0.1) is 53.5 Å². The molecule has 0 saturated heterocycles. The van der Waals surface area contributed by atoms with Gasteiger partial charge in [-0.25, -0.2) is 8.42 Å². The molecule has 0 unspecified atom stereocenters. The molecule has 2 aromatic carbocycles. The lowest BCUT2D eigenvalue weighted by atomic mass is 10.1. The zero-order chi connectivity index (χ0) is 29.8. The maximum atomic E-state index is 13.1. The van der Waals surface area contributed by atoms with Crippen molar-refractivity contribution in [1.29, 1.82) is 0 Å². The highest BCUT2D eigenvalue weighted by Crippen LogP contribution is 2.35. The minimum atomic E-state index is -4.77. The van der Waals surface area contributed by atoms with Crippen LogP contribution in [0.1, 0.15) is 22.1 Å². The van der Waals surface area contributed by atoms with Gasteiger partial charge in [0.2, 0.25) is 0 Å². The lowest BCUT2D eigenvalue weighted by Gasteiger charge is -2.13. The van der Waals surface area contributed by atoms with E-state index in [9.17, 15) is 13.2 Å². The molecule has 0 bridgehead atoms. The fraction of sp³-hybridized carbons (Fsp3) is 0.286. The molecular formula is C21H25NO8S. The molecule has 0 spiro atoms. The topological polar surface area (TPSA) is 120 Å². The summed E-state index contributed by atoms with van der Waals surface area (Å²) >= 11 is 0. The minimum absolute atomic E-state index is 0.0301. The molecule has 2 rings (SSSR count). The second-order valence-corrected chi connectivity index (χ2v) is 7.42. The van der Waals surface area contributed by atoms with Crippen LogP contribution in [0.4, 0.5) is 5.69 Å². The Balaban J connectivity index is 2.53. The van der Waals surface area contributed by atoms with Gasteiger partial charge in [0.15, 0.2) is 9.84 Å². The molecule has 0 amide bonds. The summed E-state index contributed by atoms with van der Waals surface area (Å²) in [6.07, 6.45) is 0.986. The number of carboxylic acid groups (broad SMARTS) is 1. The SMILES string of the molecule is [2H]C([2H])([2H])Oc1cc(OC)c(/C=C/S(=O)(=O)C([2H])([2H])c2ccc(OC([2H])([2H])[2H])c(NCC(=O)O)c2)c(OC)c1. The molecule has 0 radical (unpaired) electrons. The molecule has 31 heavy (non-hydrogen) atoms. The van der Waals surface area contributed by atoms with Crippen LogP contribution in [0, 0.1) is 0 Å². The van der Waals surface area contributed by atoms with Crippen molar-refractivity contribution in [2.45, 2.75) is 5.70 Å². The monoisotopic (exact) mass is 459 g/mol. The Morgan fingerprint density at radius 2 is 1.77 bits per heavy atom. The molecule has 0 saturated carbocycles. The number of hydrogen-bond acceptors (Lipinski definition) is 8. The van der Waals surface area contributed by atoms with Crippen molar-refractivity contribution in [3.63, 3.8) is 0 Å². The largest absolute Gasteiger partial charge is 0.496 e. The Kier molecular flexibility index (Phi) is 4.97. The van der Waals surface area contributed by atoms with E-state index >= 15 is 0 Å². The number of carboxylic acids is 1. The van der Waals surface area contributed by atoms with E-state index in [-0.39, 0.29) is 34.2 Å². The van der Waals surface area contributed by atoms with Crippen LogP contribution in [0.15, 0.2) is 35.7 Å². The molecule has 0 aromatic heterocycles. The number of sulfone groups is 1. The van der Waals surface area contributed by atoms with Crippen molar-refractivity contribution in [2.75, 3.05) is 40.2 Å². The van der Waals surface area contributed by atoms with Gasteiger partial charge in [0, 0.05) is 20.3 Å². The van der Waals surface area contributed by atoms with E-state index in [1.54, 1.807) is 0 Å². The van der Waals surface area contributed by atoms with E-state index in [0.29, 0.717) is 5.41 Å². The van der Waals surface area contributed by atoms with Crippen LogP contribution >= 0.6 is 0 Å². The average Bonchev–Trinajstić information content (AvgIpc) is 2.79. The Labute approximate surface area is 192 Å². The van der Waals surface area contributed by atoms with Gasteiger partial charge in [-0.2, -0.15) is 0 Å². The summed E-state index contributed by atoms with van der Waals surface area (Å²) in [5.74, 6) is -1.90. The third kappa shape index (κ3) is 6.54. The fourth-order valence-corrected chi connectivity index (χ4v) is 3.32. The molecule has 0 fully saturated rings. The Morgan fingerprint density at radius 1 is 1.10 bits per heavy atom. The van der Waals surface area contributed by atoms with Crippen molar-refractivity contribution in [3.05, 3.63) is 46.9 Å². The van der Waals surface area contributed by atoms with Gasteiger partial charge in [-0.05, 0) is 23.8 Å². The summed E-state index contributed by atoms with van der Waals surface area (Å²) in [6, 6.07) is 5.27. The maximum absolute atomic E-state index is 13.1. The summed E-state index contributed by atoms with van der Waals surface area (Å²) in [7, 11) is -8.01. The second-order valence-electron chi connectivity index (χ2n) is 5.85. The van der Waals surface area contributed by atoms with Gasteiger partial charge in [0.25, 0.3) is 0 Å². The van der Waals surface area contributed by atoms with E-state index in [4.69, 9.17) is 35.0 Å². The van der Waals surface area contributed by atoms with Crippen LogP contribution in [0.3, 0.4) is 0 Å². The van der Waals surface area contributed by atoms with Crippen LogP contribution in [0.2, 0.25) is 0 Å². The number of nitrogens with one attached hydrogen (secondary N) is 1. The van der Waals surface area contributed by atoms with Crippen molar-refractivity contribution >= 4 is 27.6 Å². The third-order valence-electron chi connectivity index (χ3n) is 3.83. The molecule has 0 atom stereocenters. The first-order chi connectivity index (χ1) is 17.8. The van der Waals surface area contributed by atoms with Gasteiger partial charge >= 0.3 is 5.97 Å². The molecule has 9 nitrogen and oxygen atoms in total.